The normalized spacial score (nSPS) is 12.3. The van der Waals surface area contributed by atoms with Gasteiger partial charge in [0.25, 0.3) is 0 Å². The molecule has 6 heteroatoms. The number of carbonyl (C=O) groups excluding carboxylic acids is 2. The molecule has 3 N–H and O–H groups in total. The van der Waals surface area contributed by atoms with Crippen LogP contribution in [0.15, 0.2) is 42.5 Å². The van der Waals surface area contributed by atoms with Gasteiger partial charge in [-0.25, -0.2) is 4.79 Å². The molecule has 2 rings (SSSR count). The SMILES string of the molecule is CC(CNC(=O)OC(C)(C)C)c1cc(Cl)cc(C(=O)c2ccccc2)c1N. The van der Waals surface area contributed by atoms with E-state index in [0.29, 0.717) is 33.9 Å². The molecule has 0 radical (unpaired) electrons. The van der Waals surface area contributed by atoms with Crippen LogP contribution in [0.1, 0.15) is 55.1 Å². The maximum Gasteiger partial charge on any atom is 0.407 e. The Morgan fingerprint density at radius 3 is 2.41 bits per heavy atom. The average molecular weight is 389 g/mol. The highest BCUT2D eigenvalue weighted by Crippen LogP contribution is 2.30. The summed E-state index contributed by atoms with van der Waals surface area (Å²) in [6.45, 7) is 7.60. The first kappa shape index (κ1) is 20.8. The Labute approximate surface area is 164 Å². The van der Waals surface area contributed by atoms with Crippen LogP contribution in [0.25, 0.3) is 0 Å². The van der Waals surface area contributed by atoms with Crippen LogP contribution in [-0.2, 0) is 4.74 Å². The summed E-state index contributed by atoms with van der Waals surface area (Å²) in [4.78, 5) is 24.7. The van der Waals surface area contributed by atoms with E-state index in [1.54, 1.807) is 57.2 Å². The lowest BCUT2D eigenvalue weighted by molar-refractivity contribution is 0.0525. The fourth-order valence-corrected chi connectivity index (χ4v) is 2.87. The summed E-state index contributed by atoms with van der Waals surface area (Å²) >= 11 is 6.23. The van der Waals surface area contributed by atoms with Gasteiger partial charge in [0.2, 0.25) is 0 Å². The first-order chi connectivity index (χ1) is 12.6. The highest BCUT2D eigenvalue weighted by molar-refractivity contribution is 6.31. The molecule has 2 aromatic carbocycles. The number of ether oxygens (including phenoxy) is 1. The van der Waals surface area contributed by atoms with Crippen LogP contribution in [0.4, 0.5) is 10.5 Å². The second-order valence-electron chi connectivity index (χ2n) is 7.44. The number of benzene rings is 2. The molecule has 2 aromatic rings. The molecule has 0 bridgehead atoms. The highest BCUT2D eigenvalue weighted by Gasteiger charge is 2.21. The zero-order valence-corrected chi connectivity index (χ0v) is 16.8. The number of anilines is 1. The summed E-state index contributed by atoms with van der Waals surface area (Å²) < 4.78 is 5.24. The van der Waals surface area contributed by atoms with Gasteiger partial charge in [-0.3, -0.25) is 4.79 Å². The van der Waals surface area contributed by atoms with Gasteiger partial charge in [0.1, 0.15) is 5.60 Å². The summed E-state index contributed by atoms with van der Waals surface area (Å²) in [5.41, 5.74) is 7.67. The summed E-state index contributed by atoms with van der Waals surface area (Å²) in [5, 5.41) is 3.14. The standard InChI is InChI=1S/C21H25ClN2O3/c1-13(12-24-20(26)27-21(2,3)4)16-10-15(22)11-17(18(16)23)19(25)14-8-6-5-7-9-14/h5-11,13H,12,23H2,1-4H3,(H,24,26). The van der Waals surface area contributed by atoms with Gasteiger partial charge in [0, 0.05) is 34.3 Å². The number of hydrogen-bond donors (Lipinski definition) is 2. The lowest BCUT2D eigenvalue weighted by Crippen LogP contribution is -2.34. The Balaban J connectivity index is 2.21. The molecule has 1 unspecified atom stereocenters. The summed E-state index contributed by atoms with van der Waals surface area (Å²) in [6.07, 6.45) is -0.504. The van der Waals surface area contributed by atoms with Crippen molar-refractivity contribution in [3.63, 3.8) is 0 Å². The number of alkyl carbamates (subject to hydrolysis) is 1. The third kappa shape index (κ3) is 5.73. The van der Waals surface area contributed by atoms with E-state index >= 15 is 0 Å². The molecule has 1 amide bonds. The maximum absolute atomic E-state index is 12.8. The predicted molar refractivity (Wildman–Crippen MR) is 108 cm³/mol. The number of amides is 1. The van der Waals surface area contributed by atoms with Gasteiger partial charge < -0.3 is 15.8 Å². The quantitative estimate of drug-likeness (QED) is 0.570. The van der Waals surface area contributed by atoms with Crippen molar-refractivity contribution in [2.24, 2.45) is 0 Å². The number of nitrogen functional groups attached to an aromatic ring is 1. The predicted octanol–water partition coefficient (Wildman–Crippen LogP) is 4.78. The molecule has 5 nitrogen and oxygen atoms in total. The van der Waals surface area contributed by atoms with Crippen molar-refractivity contribution in [3.05, 3.63) is 64.2 Å². The van der Waals surface area contributed by atoms with Crippen molar-refractivity contribution < 1.29 is 14.3 Å². The monoisotopic (exact) mass is 388 g/mol. The van der Waals surface area contributed by atoms with E-state index in [1.165, 1.54) is 0 Å². The Morgan fingerprint density at radius 1 is 1.19 bits per heavy atom. The van der Waals surface area contributed by atoms with Gasteiger partial charge >= 0.3 is 6.09 Å². The van der Waals surface area contributed by atoms with Crippen molar-refractivity contribution in [2.75, 3.05) is 12.3 Å². The molecule has 144 valence electrons. The van der Waals surface area contributed by atoms with E-state index in [-0.39, 0.29) is 11.7 Å². The molecule has 0 fully saturated rings. The molecular weight excluding hydrogens is 364 g/mol. The molecule has 0 saturated heterocycles. The van der Waals surface area contributed by atoms with Crippen molar-refractivity contribution >= 4 is 29.2 Å². The maximum atomic E-state index is 12.8. The molecule has 0 aliphatic carbocycles. The zero-order chi connectivity index (χ0) is 20.2. The van der Waals surface area contributed by atoms with Gasteiger partial charge in [0.05, 0.1) is 0 Å². The molecule has 0 aromatic heterocycles. The minimum absolute atomic E-state index is 0.154. The second kappa shape index (κ2) is 8.44. The van der Waals surface area contributed by atoms with Crippen molar-refractivity contribution in [3.8, 4) is 0 Å². The average Bonchev–Trinajstić information content (AvgIpc) is 2.60. The van der Waals surface area contributed by atoms with E-state index in [4.69, 9.17) is 22.1 Å². The van der Waals surface area contributed by atoms with E-state index in [1.807, 2.05) is 13.0 Å². The number of carbonyl (C=O) groups is 2. The Bertz CT molecular complexity index is 829. The molecule has 0 saturated carbocycles. The molecule has 0 aliphatic heterocycles. The topological polar surface area (TPSA) is 81.4 Å². The lowest BCUT2D eigenvalue weighted by atomic mass is 9.93. The van der Waals surface area contributed by atoms with Gasteiger partial charge in [-0.2, -0.15) is 0 Å². The largest absolute Gasteiger partial charge is 0.444 e. The Hall–Kier alpha value is -2.53. The van der Waals surface area contributed by atoms with E-state index < -0.39 is 11.7 Å². The second-order valence-corrected chi connectivity index (χ2v) is 7.87. The number of halogens is 1. The van der Waals surface area contributed by atoms with Crippen molar-refractivity contribution in [1.82, 2.24) is 5.32 Å². The number of nitrogens with two attached hydrogens (primary N) is 1. The van der Waals surface area contributed by atoms with Gasteiger partial charge in [-0.05, 0) is 38.5 Å². The van der Waals surface area contributed by atoms with E-state index in [0.717, 1.165) is 0 Å². The molecular formula is C21H25ClN2O3. The molecule has 1 atom stereocenters. The first-order valence-corrected chi connectivity index (χ1v) is 9.12. The zero-order valence-electron chi connectivity index (χ0n) is 16.0. The van der Waals surface area contributed by atoms with Gasteiger partial charge in [0.15, 0.2) is 5.78 Å². The smallest absolute Gasteiger partial charge is 0.407 e. The van der Waals surface area contributed by atoms with Crippen LogP contribution in [0, 0.1) is 0 Å². The summed E-state index contributed by atoms with van der Waals surface area (Å²) in [6, 6.07) is 12.2. The number of hydrogen-bond acceptors (Lipinski definition) is 4. The van der Waals surface area contributed by atoms with E-state index in [9.17, 15) is 9.59 Å². The van der Waals surface area contributed by atoms with Crippen molar-refractivity contribution in [2.45, 2.75) is 39.2 Å². The van der Waals surface area contributed by atoms with Gasteiger partial charge in [-0.1, -0.05) is 48.9 Å². The van der Waals surface area contributed by atoms with E-state index in [2.05, 4.69) is 5.32 Å². The van der Waals surface area contributed by atoms with Crippen LogP contribution < -0.4 is 11.1 Å². The number of nitrogens with one attached hydrogen (secondary N) is 1. The van der Waals surface area contributed by atoms with Gasteiger partial charge in [-0.15, -0.1) is 0 Å². The van der Waals surface area contributed by atoms with Crippen LogP contribution >= 0.6 is 11.6 Å². The minimum Gasteiger partial charge on any atom is -0.444 e. The molecule has 0 spiro atoms. The third-order valence-corrected chi connectivity index (χ3v) is 4.16. The summed E-state index contributed by atoms with van der Waals surface area (Å²) in [5.74, 6) is -0.345. The van der Waals surface area contributed by atoms with Crippen LogP contribution in [0.2, 0.25) is 5.02 Å². The number of rotatable bonds is 5. The highest BCUT2D eigenvalue weighted by atomic mass is 35.5. The Morgan fingerprint density at radius 2 is 1.81 bits per heavy atom. The first-order valence-electron chi connectivity index (χ1n) is 8.74. The summed E-state index contributed by atoms with van der Waals surface area (Å²) in [7, 11) is 0. The fourth-order valence-electron chi connectivity index (χ4n) is 2.64. The van der Waals surface area contributed by atoms with Crippen LogP contribution in [0.3, 0.4) is 0 Å². The van der Waals surface area contributed by atoms with Crippen LogP contribution in [0.5, 0.6) is 0 Å². The molecule has 0 aliphatic rings. The minimum atomic E-state index is -0.572. The Kier molecular flexibility index (Phi) is 6.50. The fraction of sp³-hybridized carbons (Fsp3) is 0.333. The van der Waals surface area contributed by atoms with Crippen molar-refractivity contribution in [1.29, 1.82) is 0 Å². The van der Waals surface area contributed by atoms with Crippen LogP contribution in [-0.4, -0.2) is 24.0 Å². The molecule has 0 heterocycles. The number of ketones is 1. The third-order valence-electron chi connectivity index (χ3n) is 3.94. The lowest BCUT2D eigenvalue weighted by Gasteiger charge is -2.22. The molecule has 27 heavy (non-hydrogen) atoms.